The first-order chi connectivity index (χ1) is 10.1. The molecule has 0 heterocycles. The Balaban J connectivity index is 2.25. The first-order valence-corrected chi connectivity index (χ1v) is 7.28. The van der Waals surface area contributed by atoms with Crippen LogP contribution in [-0.4, -0.2) is 17.5 Å². The van der Waals surface area contributed by atoms with Gasteiger partial charge in [-0.15, -0.1) is 0 Å². The monoisotopic (exact) mass is 289 g/mol. The molecule has 0 saturated carbocycles. The first kappa shape index (κ1) is 16.9. The fourth-order valence-electron chi connectivity index (χ4n) is 1.67. The molecule has 0 atom stereocenters. The number of amides is 2. The van der Waals surface area contributed by atoms with E-state index in [1.807, 2.05) is 25.1 Å². The van der Waals surface area contributed by atoms with Crippen molar-refractivity contribution < 1.29 is 9.59 Å². The second-order valence-corrected chi connectivity index (χ2v) is 4.90. The Hall–Kier alpha value is -2.17. The Kier molecular flexibility index (Phi) is 7.79. The van der Waals surface area contributed by atoms with E-state index >= 15 is 0 Å². The van der Waals surface area contributed by atoms with Gasteiger partial charge in [-0.25, -0.2) is 5.43 Å². The summed E-state index contributed by atoms with van der Waals surface area (Å²) in [4.78, 5) is 23.2. The molecule has 0 unspecified atom stereocenters. The minimum Gasteiger partial charge on any atom is -0.326 e. The van der Waals surface area contributed by atoms with Crippen molar-refractivity contribution in [2.45, 2.75) is 46.0 Å². The average molecular weight is 289 g/mol. The number of unbranched alkanes of at least 4 members (excludes halogenated alkanes) is 1. The molecule has 114 valence electrons. The molecule has 2 amide bonds. The van der Waals surface area contributed by atoms with Crippen LogP contribution in [0.3, 0.4) is 0 Å². The molecule has 5 nitrogen and oxygen atoms in total. The Morgan fingerprint density at radius 1 is 1.05 bits per heavy atom. The standard InChI is InChI=1S/C16H23N3O2/c1-3-4-8-13(2)18-19-16(21)12-11-15(20)17-14-9-6-5-7-10-14/h5-7,9-10H,3-4,8,11-12H2,1-2H3,(H,17,20)(H,19,21)/b18-13+. The number of para-hydroxylation sites is 1. The van der Waals surface area contributed by atoms with E-state index in [0.717, 1.165) is 30.7 Å². The summed E-state index contributed by atoms with van der Waals surface area (Å²) in [5.74, 6) is -0.419. The van der Waals surface area contributed by atoms with Crippen LogP contribution in [0, 0.1) is 0 Å². The van der Waals surface area contributed by atoms with Crippen molar-refractivity contribution in [3.8, 4) is 0 Å². The van der Waals surface area contributed by atoms with E-state index in [1.165, 1.54) is 0 Å². The molecule has 0 spiro atoms. The van der Waals surface area contributed by atoms with Gasteiger partial charge in [0.15, 0.2) is 0 Å². The van der Waals surface area contributed by atoms with E-state index < -0.39 is 0 Å². The third-order valence-electron chi connectivity index (χ3n) is 2.90. The molecule has 2 N–H and O–H groups in total. The maximum atomic E-state index is 11.7. The van der Waals surface area contributed by atoms with E-state index in [2.05, 4.69) is 22.8 Å². The Morgan fingerprint density at radius 3 is 2.38 bits per heavy atom. The molecule has 1 rings (SSSR count). The molecule has 21 heavy (non-hydrogen) atoms. The second kappa shape index (κ2) is 9.69. The van der Waals surface area contributed by atoms with E-state index in [4.69, 9.17) is 0 Å². The van der Waals surface area contributed by atoms with Crippen molar-refractivity contribution in [2.75, 3.05) is 5.32 Å². The second-order valence-electron chi connectivity index (χ2n) is 4.90. The molecule has 0 aliphatic rings. The van der Waals surface area contributed by atoms with Gasteiger partial charge in [0.1, 0.15) is 0 Å². The number of benzene rings is 1. The van der Waals surface area contributed by atoms with Gasteiger partial charge in [-0.3, -0.25) is 9.59 Å². The van der Waals surface area contributed by atoms with Crippen molar-refractivity contribution in [1.82, 2.24) is 5.43 Å². The van der Waals surface area contributed by atoms with E-state index in [-0.39, 0.29) is 24.7 Å². The number of hydrogen-bond acceptors (Lipinski definition) is 3. The third kappa shape index (κ3) is 7.87. The van der Waals surface area contributed by atoms with Crippen molar-refractivity contribution >= 4 is 23.2 Å². The lowest BCUT2D eigenvalue weighted by atomic mass is 10.2. The van der Waals surface area contributed by atoms with Gasteiger partial charge in [0.05, 0.1) is 0 Å². The van der Waals surface area contributed by atoms with Crippen molar-refractivity contribution in [3.05, 3.63) is 30.3 Å². The average Bonchev–Trinajstić information content (AvgIpc) is 2.49. The quantitative estimate of drug-likeness (QED) is 0.570. The van der Waals surface area contributed by atoms with Crippen LogP contribution in [-0.2, 0) is 9.59 Å². The molecular formula is C16H23N3O2. The van der Waals surface area contributed by atoms with Crippen molar-refractivity contribution in [2.24, 2.45) is 5.10 Å². The molecule has 1 aromatic rings. The number of carbonyl (C=O) groups excluding carboxylic acids is 2. The minimum atomic E-state index is -0.242. The van der Waals surface area contributed by atoms with E-state index in [9.17, 15) is 9.59 Å². The fourth-order valence-corrected chi connectivity index (χ4v) is 1.67. The zero-order valence-electron chi connectivity index (χ0n) is 12.7. The molecule has 1 aromatic carbocycles. The Labute approximate surface area is 125 Å². The van der Waals surface area contributed by atoms with Crippen LogP contribution >= 0.6 is 0 Å². The number of nitrogens with zero attached hydrogens (tertiary/aromatic N) is 1. The lowest BCUT2D eigenvalue weighted by molar-refractivity contribution is -0.124. The number of hydrazone groups is 1. The van der Waals surface area contributed by atoms with Crippen LogP contribution < -0.4 is 10.7 Å². The molecule has 0 aromatic heterocycles. The van der Waals surface area contributed by atoms with Gasteiger partial charge in [0.2, 0.25) is 11.8 Å². The zero-order chi connectivity index (χ0) is 15.5. The molecule has 0 saturated heterocycles. The minimum absolute atomic E-state index is 0.128. The van der Waals surface area contributed by atoms with Crippen LogP contribution in [0.15, 0.2) is 35.4 Å². The Bertz CT molecular complexity index is 484. The summed E-state index contributed by atoms with van der Waals surface area (Å²) >= 11 is 0. The number of nitrogens with one attached hydrogen (secondary N) is 2. The normalized spacial score (nSPS) is 11.0. The molecule has 0 radical (unpaired) electrons. The molecule has 5 heteroatoms. The highest BCUT2D eigenvalue weighted by molar-refractivity contribution is 5.93. The Morgan fingerprint density at radius 2 is 1.71 bits per heavy atom. The molecule has 0 fully saturated rings. The fraction of sp³-hybridized carbons (Fsp3) is 0.438. The molecule has 0 aliphatic heterocycles. The summed E-state index contributed by atoms with van der Waals surface area (Å²) in [7, 11) is 0. The summed E-state index contributed by atoms with van der Waals surface area (Å²) in [6, 6.07) is 9.17. The maximum Gasteiger partial charge on any atom is 0.240 e. The number of hydrogen-bond donors (Lipinski definition) is 2. The van der Waals surface area contributed by atoms with E-state index in [1.54, 1.807) is 12.1 Å². The summed E-state index contributed by atoms with van der Waals surface area (Å²) in [6.07, 6.45) is 3.31. The number of rotatable bonds is 8. The molecule has 0 aliphatic carbocycles. The van der Waals surface area contributed by atoms with Crippen molar-refractivity contribution in [1.29, 1.82) is 0 Å². The largest absolute Gasteiger partial charge is 0.326 e. The highest BCUT2D eigenvalue weighted by Crippen LogP contribution is 2.06. The topological polar surface area (TPSA) is 70.6 Å². The summed E-state index contributed by atoms with van der Waals surface area (Å²) in [5.41, 5.74) is 4.11. The highest BCUT2D eigenvalue weighted by atomic mass is 16.2. The first-order valence-electron chi connectivity index (χ1n) is 7.28. The van der Waals surface area contributed by atoms with Crippen molar-refractivity contribution in [3.63, 3.8) is 0 Å². The molecular weight excluding hydrogens is 266 g/mol. The van der Waals surface area contributed by atoms with Gasteiger partial charge >= 0.3 is 0 Å². The van der Waals surface area contributed by atoms with Crippen LogP contribution in [0.25, 0.3) is 0 Å². The number of carbonyl (C=O) groups is 2. The zero-order valence-corrected chi connectivity index (χ0v) is 12.7. The van der Waals surface area contributed by atoms with Gasteiger partial charge in [0, 0.05) is 24.2 Å². The summed E-state index contributed by atoms with van der Waals surface area (Å²) < 4.78 is 0. The summed E-state index contributed by atoms with van der Waals surface area (Å²) in [5, 5.41) is 6.74. The van der Waals surface area contributed by atoms with E-state index in [0.29, 0.717) is 0 Å². The highest BCUT2D eigenvalue weighted by Gasteiger charge is 2.06. The predicted molar refractivity (Wildman–Crippen MR) is 85.1 cm³/mol. The van der Waals surface area contributed by atoms with Crippen LogP contribution in [0.1, 0.15) is 46.0 Å². The van der Waals surface area contributed by atoms with Gasteiger partial charge in [-0.1, -0.05) is 31.5 Å². The van der Waals surface area contributed by atoms with Crippen LogP contribution in [0.5, 0.6) is 0 Å². The lowest BCUT2D eigenvalue weighted by Gasteiger charge is -2.05. The lowest BCUT2D eigenvalue weighted by Crippen LogP contribution is -2.21. The molecule has 0 bridgehead atoms. The van der Waals surface area contributed by atoms with Gasteiger partial charge in [-0.05, 0) is 31.9 Å². The maximum absolute atomic E-state index is 11.7. The van der Waals surface area contributed by atoms with Gasteiger partial charge in [0.25, 0.3) is 0 Å². The smallest absolute Gasteiger partial charge is 0.240 e. The SMILES string of the molecule is CCCC/C(C)=N/NC(=O)CCC(=O)Nc1ccccc1. The number of anilines is 1. The van der Waals surface area contributed by atoms with Gasteiger partial charge < -0.3 is 5.32 Å². The van der Waals surface area contributed by atoms with Crippen LogP contribution in [0.4, 0.5) is 5.69 Å². The third-order valence-corrected chi connectivity index (χ3v) is 2.90. The summed E-state index contributed by atoms with van der Waals surface area (Å²) in [6.45, 7) is 4.00. The predicted octanol–water partition coefficient (Wildman–Crippen LogP) is 3.09. The van der Waals surface area contributed by atoms with Gasteiger partial charge in [-0.2, -0.15) is 5.10 Å². The van der Waals surface area contributed by atoms with Crippen LogP contribution in [0.2, 0.25) is 0 Å².